The summed E-state index contributed by atoms with van der Waals surface area (Å²) in [5.74, 6) is -0.376. The lowest BCUT2D eigenvalue weighted by molar-refractivity contribution is 0.0695. The van der Waals surface area contributed by atoms with Crippen LogP contribution in [0, 0.1) is 0 Å². The Morgan fingerprint density at radius 2 is 1.68 bits per heavy atom. The number of fused-ring (bicyclic) bond motifs is 1. The lowest BCUT2D eigenvalue weighted by atomic mass is 10.1. The van der Waals surface area contributed by atoms with Gasteiger partial charge >= 0.3 is 5.97 Å². The van der Waals surface area contributed by atoms with Crippen LogP contribution in [0.15, 0.2) is 47.4 Å². The van der Waals surface area contributed by atoms with Crippen LogP contribution in [0.25, 0.3) is 16.6 Å². The molecule has 0 radical (unpaired) electrons. The molecule has 0 spiro atoms. The first-order valence-electron chi connectivity index (χ1n) is 7.29. The van der Waals surface area contributed by atoms with Gasteiger partial charge in [0.15, 0.2) is 0 Å². The van der Waals surface area contributed by atoms with Crippen LogP contribution in [0.2, 0.25) is 0 Å². The molecule has 0 aliphatic heterocycles. The average Bonchev–Trinajstić information content (AvgIpc) is 2.61. The van der Waals surface area contributed by atoms with Gasteiger partial charge in [-0.05, 0) is 12.1 Å². The molecule has 3 aromatic rings. The normalized spacial score (nSPS) is 10.6. The van der Waals surface area contributed by atoms with Gasteiger partial charge in [0.05, 0.1) is 25.4 Å². The minimum absolute atomic E-state index is 0.0430. The topological polar surface area (TPSA) is 98.0 Å². The minimum Gasteiger partial charge on any atom is -0.508 e. The maximum atomic E-state index is 12.4. The van der Waals surface area contributed by atoms with Crippen LogP contribution >= 0.6 is 0 Å². The number of aromatic carboxylic acids is 1. The molecule has 1 aromatic heterocycles. The molecular weight excluding hydrogens is 326 g/mol. The highest BCUT2D eigenvalue weighted by Gasteiger charge is 2.16. The Morgan fingerprint density at radius 3 is 2.24 bits per heavy atom. The SMILES string of the molecule is COc1cc(OC)cc(-n2cc(C(=O)O)c(=O)c3ccc(O)cc32)c1. The first-order valence-corrected chi connectivity index (χ1v) is 7.29. The number of carbonyl (C=O) groups is 1. The molecule has 7 heteroatoms. The van der Waals surface area contributed by atoms with Gasteiger partial charge < -0.3 is 24.3 Å². The van der Waals surface area contributed by atoms with Crippen molar-refractivity contribution < 1.29 is 24.5 Å². The van der Waals surface area contributed by atoms with Crippen molar-refractivity contribution in [3.63, 3.8) is 0 Å². The second-order valence-electron chi connectivity index (χ2n) is 5.32. The summed E-state index contributed by atoms with van der Waals surface area (Å²) in [7, 11) is 2.99. The first kappa shape index (κ1) is 16.4. The third-order valence-electron chi connectivity index (χ3n) is 3.83. The lowest BCUT2D eigenvalue weighted by Crippen LogP contribution is -2.18. The van der Waals surface area contributed by atoms with Crippen molar-refractivity contribution in [2.75, 3.05) is 14.2 Å². The van der Waals surface area contributed by atoms with Crippen LogP contribution < -0.4 is 14.9 Å². The fourth-order valence-electron chi connectivity index (χ4n) is 2.61. The van der Waals surface area contributed by atoms with Gasteiger partial charge in [0.2, 0.25) is 5.43 Å². The van der Waals surface area contributed by atoms with Gasteiger partial charge in [0.1, 0.15) is 22.8 Å². The Kier molecular flexibility index (Phi) is 4.06. The second kappa shape index (κ2) is 6.20. The van der Waals surface area contributed by atoms with Gasteiger partial charge in [-0.3, -0.25) is 4.79 Å². The molecule has 0 saturated carbocycles. The van der Waals surface area contributed by atoms with E-state index in [9.17, 15) is 19.8 Å². The summed E-state index contributed by atoms with van der Waals surface area (Å²) in [5.41, 5.74) is -0.104. The molecule has 25 heavy (non-hydrogen) atoms. The van der Waals surface area contributed by atoms with Crippen molar-refractivity contribution in [3.05, 3.63) is 58.4 Å². The first-order chi connectivity index (χ1) is 11.9. The van der Waals surface area contributed by atoms with E-state index in [4.69, 9.17) is 9.47 Å². The van der Waals surface area contributed by atoms with Gasteiger partial charge in [0, 0.05) is 35.8 Å². The molecule has 0 bridgehead atoms. The molecule has 3 rings (SSSR count). The number of aromatic nitrogens is 1. The number of carboxylic acids is 1. The summed E-state index contributed by atoms with van der Waals surface area (Å²) in [5, 5.41) is 19.3. The van der Waals surface area contributed by atoms with Crippen molar-refractivity contribution in [2.24, 2.45) is 0 Å². The van der Waals surface area contributed by atoms with E-state index >= 15 is 0 Å². The van der Waals surface area contributed by atoms with Crippen molar-refractivity contribution in [3.8, 4) is 22.9 Å². The van der Waals surface area contributed by atoms with Crippen LogP contribution in [0.4, 0.5) is 0 Å². The molecule has 0 saturated heterocycles. The molecule has 0 atom stereocenters. The molecule has 0 fully saturated rings. The predicted octanol–water partition coefficient (Wildman–Crippen LogP) is 2.41. The molecule has 0 unspecified atom stereocenters. The molecule has 7 nitrogen and oxygen atoms in total. The largest absolute Gasteiger partial charge is 0.508 e. The third-order valence-corrected chi connectivity index (χ3v) is 3.83. The van der Waals surface area contributed by atoms with Crippen molar-refractivity contribution in [1.29, 1.82) is 0 Å². The van der Waals surface area contributed by atoms with Crippen LogP contribution in [0.5, 0.6) is 17.2 Å². The number of hydrogen-bond donors (Lipinski definition) is 2. The predicted molar refractivity (Wildman–Crippen MR) is 91.3 cm³/mol. The van der Waals surface area contributed by atoms with E-state index in [1.54, 1.807) is 18.2 Å². The number of nitrogens with zero attached hydrogens (tertiary/aromatic N) is 1. The monoisotopic (exact) mass is 341 g/mol. The van der Waals surface area contributed by atoms with E-state index in [2.05, 4.69) is 0 Å². The molecule has 2 aromatic carbocycles. The number of methoxy groups -OCH3 is 2. The molecule has 128 valence electrons. The van der Waals surface area contributed by atoms with Crippen molar-refractivity contribution in [1.82, 2.24) is 4.57 Å². The standard InChI is InChI=1S/C18H15NO6/c1-24-12-5-10(6-13(8-12)25-2)19-9-15(18(22)23)17(21)14-4-3-11(20)7-16(14)19/h3-9,20H,1-2H3,(H,22,23). The third kappa shape index (κ3) is 2.87. The van der Waals surface area contributed by atoms with E-state index in [0.29, 0.717) is 22.7 Å². The Balaban J connectivity index is 2.43. The number of phenolic OH excluding ortho intramolecular Hbond substituents is 1. The van der Waals surface area contributed by atoms with E-state index in [-0.39, 0.29) is 16.7 Å². The summed E-state index contributed by atoms with van der Waals surface area (Å²) >= 11 is 0. The summed E-state index contributed by atoms with van der Waals surface area (Å²) in [4.78, 5) is 23.8. The van der Waals surface area contributed by atoms with E-state index in [0.717, 1.165) is 0 Å². The van der Waals surface area contributed by atoms with E-state index in [1.807, 2.05) is 0 Å². The molecule has 0 aliphatic rings. The second-order valence-corrected chi connectivity index (χ2v) is 5.32. The number of aromatic hydroxyl groups is 1. The zero-order valence-electron chi connectivity index (χ0n) is 13.5. The molecule has 1 heterocycles. The highest BCUT2D eigenvalue weighted by Crippen LogP contribution is 2.28. The summed E-state index contributed by atoms with van der Waals surface area (Å²) < 4.78 is 12.0. The molecule has 0 aliphatic carbocycles. The Bertz CT molecular complexity index is 1020. The number of benzene rings is 2. The van der Waals surface area contributed by atoms with E-state index < -0.39 is 11.4 Å². The number of carboxylic acid groups (broad SMARTS) is 1. The molecule has 2 N–H and O–H groups in total. The zero-order chi connectivity index (χ0) is 18.1. The molecule has 0 amide bonds. The highest BCUT2D eigenvalue weighted by molar-refractivity contribution is 5.93. The highest BCUT2D eigenvalue weighted by atomic mass is 16.5. The average molecular weight is 341 g/mol. The lowest BCUT2D eigenvalue weighted by Gasteiger charge is -2.15. The fraction of sp³-hybridized carbons (Fsp3) is 0.111. The summed E-state index contributed by atoms with van der Waals surface area (Å²) in [6.07, 6.45) is 1.22. The van der Waals surface area contributed by atoms with Crippen molar-refractivity contribution >= 4 is 16.9 Å². The van der Waals surface area contributed by atoms with Gasteiger partial charge in [-0.15, -0.1) is 0 Å². The molecular formula is C18H15NO6. The quantitative estimate of drug-likeness (QED) is 0.756. The number of pyridine rings is 1. The maximum Gasteiger partial charge on any atom is 0.341 e. The zero-order valence-corrected chi connectivity index (χ0v) is 13.5. The Morgan fingerprint density at radius 1 is 1.04 bits per heavy atom. The minimum atomic E-state index is -1.33. The summed E-state index contributed by atoms with van der Waals surface area (Å²) in [6.45, 7) is 0. The van der Waals surface area contributed by atoms with Crippen LogP contribution in [0.3, 0.4) is 0 Å². The number of ether oxygens (including phenoxy) is 2. The number of hydrogen-bond acceptors (Lipinski definition) is 5. The van der Waals surface area contributed by atoms with Gasteiger partial charge in [-0.25, -0.2) is 4.79 Å². The van der Waals surface area contributed by atoms with Crippen LogP contribution in [-0.2, 0) is 0 Å². The maximum absolute atomic E-state index is 12.4. The smallest absolute Gasteiger partial charge is 0.341 e. The number of rotatable bonds is 4. The van der Waals surface area contributed by atoms with Gasteiger partial charge in [-0.1, -0.05) is 0 Å². The Labute approximate surface area is 142 Å². The van der Waals surface area contributed by atoms with Gasteiger partial charge in [-0.2, -0.15) is 0 Å². The van der Waals surface area contributed by atoms with Gasteiger partial charge in [0.25, 0.3) is 0 Å². The van der Waals surface area contributed by atoms with Crippen molar-refractivity contribution in [2.45, 2.75) is 0 Å². The fourth-order valence-corrected chi connectivity index (χ4v) is 2.61. The number of phenols is 1. The van der Waals surface area contributed by atoms with Crippen LogP contribution in [0.1, 0.15) is 10.4 Å². The van der Waals surface area contributed by atoms with Crippen LogP contribution in [-0.4, -0.2) is 35.0 Å². The Hall–Kier alpha value is -3.48. The van der Waals surface area contributed by atoms with E-state index in [1.165, 1.54) is 43.2 Å². The summed E-state index contributed by atoms with van der Waals surface area (Å²) in [6, 6.07) is 9.14.